The van der Waals surface area contributed by atoms with Crippen LogP contribution < -0.4 is 4.18 Å². The molecule has 8 heteroatoms. The van der Waals surface area contributed by atoms with E-state index in [9.17, 15) is 8.42 Å². The van der Waals surface area contributed by atoms with Gasteiger partial charge < -0.3 is 4.18 Å². The van der Waals surface area contributed by atoms with Gasteiger partial charge in [0.1, 0.15) is 23.3 Å². The fourth-order valence-electron chi connectivity index (χ4n) is 1.91. The van der Waals surface area contributed by atoms with E-state index in [-0.39, 0.29) is 10.6 Å². The van der Waals surface area contributed by atoms with Gasteiger partial charge in [0.05, 0.1) is 6.21 Å². The molecule has 3 rings (SSSR count). The highest BCUT2D eigenvalue weighted by molar-refractivity contribution is 7.87. The molecule has 0 atom stereocenters. The first kappa shape index (κ1) is 15.9. The van der Waals surface area contributed by atoms with Crippen LogP contribution in [0.5, 0.6) is 5.75 Å². The van der Waals surface area contributed by atoms with E-state index < -0.39 is 10.1 Å². The van der Waals surface area contributed by atoms with Crippen molar-refractivity contribution in [3.05, 3.63) is 72.3 Å². The van der Waals surface area contributed by atoms with Gasteiger partial charge in [-0.2, -0.15) is 13.5 Å². The maximum atomic E-state index is 12.3. The Labute approximate surface area is 139 Å². The SMILES string of the molecule is Cc1ccc(S(=O)(=O)Oc2cccc(/C=N\n3cnnc3)c2)cc1. The summed E-state index contributed by atoms with van der Waals surface area (Å²) >= 11 is 0. The molecule has 3 aromatic rings. The Bertz CT molecular complexity index is 949. The molecule has 0 aliphatic rings. The minimum Gasteiger partial charge on any atom is -0.379 e. The van der Waals surface area contributed by atoms with E-state index in [0.29, 0.717) is 5.56 Å². The molecule has 0 aliphatic carbocycles. The van der Waals surface area contributed by atoms with Crippen molar-refractivity contribution in [3.8, 4) is 5.75 Å². The van der Waals surface area contributed by atoms with Crippen molar-refractivity contribution in [1.29, 1.82) is 0 Å². The second-order valence-electron chi connectivity index (χ2n) is 5.01. The zero-order valence-electron chi connectivity index (χ0n) is 12.8. The van der Waals surface area contributed by atoms with Crippen molar-refractivity contribution in [1.82, 2.24) is 14.9 Å². The molecule has 0 amide bonds. The van der Waals surface area contributed by atoms with Crippen molar-refractivity contribution >= 4 is 16.3 Å². The normalized spacial score (nSPS) is 11.7. The molecule has 0 N–H and O–H groups in total. The predicted molar refractivity (Wildman–Crippen MR) is 88.4 cm³/mol. The summed E-state index contributed by atoms with van der Waals surface area (Å²) in [5.74, 6) is 0.211. The summed E-state index contributed by atoms with van der Waals surface area (Å²) in [7, 11) is -3.87. The summed E-state index contributed by atoms with van der Waals surface area (Å²) in [6.45, 7) is 1.88. The van der Waals surface area contributed by atoms with Gasteiger partial charge in [0.15, 0.2) is 0 Å². The molecular weight excluding hydrogens is 328 g/mol. The Hall–Kier alpha value is -3.00. The van der Waals surface area contributed by atoms with E-state index in [1.54, 1.807) is 42.6 Å². The molecule has 0 spiro atoms. The van der Waals surface area contributed by atoms with Gasteiger partial charge in [-0.15, -0.1) is 10.2 Å². The van der Waals surface area contributed by atoms with Gasteiger partial charge in [-0.05, 0) is 36.8 Å². The molecule has 0 saturated carbocycles. The van der Waals surface area contributed by atoms with Crippen molar-refractivity contribution in [3.63, 3.8) is 0 Å². The van der Waals surface area contributed by atoms with E-state index in [1.807, 2.05) is 6.92 Å². The van der Waals surface area contributed by atoms with Crippen molar-refractivity contribution in [2.24, 2.45) is 5.10 Å². The van der Waals surface area contributed by atoms with Crippen LogP contribution in [0.4, 0.5) is 0 Å². The monoisotopic (exact) mass is 342 g/mol. The van der Waals surface area contributed by atoms with Crippen molar-refractivity contribution in [2.45, 2.75) is 11.8 Å². The van der Waals surface area contributed by atoms with E-state index in [1.165, 1.54) is 29.5 Å². The molecular formula is C16H14N4O3S. The average Bonchev–Trinajstić information content (AvgIpc) is 3.07. The molecule has 0 aliphatic heterocycles. The quantitative estimate of drug-likeness (QED) is 0.524. The average molecular weight is 342 g/mol. The third kappa shape index (κ3) is 3.85. The molecule has 1 aromatic heterocycles. The third-order valence-electron chi connectivity index (χ3n) is 3.12. The van der Waals surface area contributed by atoms with Crippen LogP contribution in [-0.2, 0) is 10.1 Å². The van der Waals surface area contributed by atoms with Gasteiger partial charge in [-0.1, -0.05) is 29.8 Å². The number of aromatic nitrogens is 3. The third-order valence-corrected chi connectivity index (χ3v) is 4.38. The smallest absolute Gasteiger partial charge is 0.339 e. The lowest BCUT2D eigenvalue weighted by Crippen LogP contribution is -2.09. The number of hydrogen-bond donors (Lipinski definition) is 0. The Balaban J connectivity index is 1.80. The summed E-state index contributed by atoms with van der Waals surface area (Å²) in [5, 5.41) is 11.4. The molecule has 0 unspecified atom stereocenters. The summed E-state index contributed by atoms with van der Waals surface area (Å²) in [4.78, 5) is 0.108. The van der Waals surface area contributed by atoms with Crippen LogP contribution in [-0.4, -0.2) is 29.5 Å². The maximum absolute atomic E-state index is 12.3. The number of rotatable bonds is 5. The molecule has 2 aromatic carbocycles. The fourth-order valence-corrected chi connectivity index (χ4v) is 2.84. The summed E-state index contributed by atoms with van der Waals surface area (Å²) in [5.41, 5.74) is 1.65. The first-order chi connectivity index (χ1) is 11.5. The maximum Gasteiger partial charge on any atom is 0.339 e. The molecule has 0 radical (unpaired) electrons. The number of aryl methyl sites for hydroxylation is 1. The van der Waals surface area contributed by atoms with E-state index >= 15 is 0 Å². The standard InChI is InChI=1S/C16H14N4O3S/c1-13-5-7-16(8-6-13)24(21,22)23-15-4-2-3-14(9-15)10-19-20-11-17-18-12-20/h2-12H,1H3/b19-10-. The second-order valence-corrected chi connectivity index (χ2v) is 6.56. The zero-order chi connectivity index (χ0) is 17.0. The lowest BCUT2D eigenvalue weighted by atomic mass is 10.2. The highest BCUT2D eigenvalue weighted by Crippen LogP contribution is 2.19. The topological polar surface area (TPSA) is 86.4 Å². The van der Waals surface area contributed by atoms with Crippen LogP contribution in [0.15, 0.2) is 71.2 Å². The van der Waals surface area contributed by atoms with Gasteiger partial charge in [-0.25, -0.2) is 4.68 Å². The van der Waals surface area contributed by atoms with Crippen molar-refractivity contribution < 1.29 is 12.6 Å². The van der Waals surface area contributed by atoms with Gasteiger partial charge in [0.25, 0.3) is 0 Å². The van der Waals surface area contributed by atoms with Crippen LogP contribution in [0, 0.1) is 6.92 Å². The van der Waals surface area contributed by atoms with E-state index in [0.717, 1.165) is 5.56 Å². The minimum absolute atomic E-state index is 0.108. The molecule has 0 saturated heterocycles. The van der Waals surface area contributed by atoms with Gasteiger partial charge >= 0.3 is 10.1 Å². The highest BCUT2D eigenvalue weighted by Gasteiger charge is 2.16. The van der Waals surface area contributed by atoms with Gasteiger partial charge in [0.2, 0.25) is 0 Å². The lowest BCUT2D eigenvalue weighted by molar-refractivity contribution is 0.486. The Morgan fingerprint density at radius 3 is 2.50 bits per heavy atom. The molecule has 0 bridgehead atoms. The zero-order valence-corrected chi connectivity index (χ0v) is 13.6. The van der Waals surface area contributed by atoms with Gasteiger partial charge in [0, 0.05) is 0 Å². The first-order valence-electron chi connectivity index (χ1n) is 7.03. The fraction of sp³-hybridized carbons (Fsp3) is 0.0625. The van der Waals surface area contributed by atoms with Crippen LogP contribution in [0.3, 0.4) is 0 Å². The molecule has 1 heterocycles. The minimum atomic E-state index is -3.87. The van der Waals surface area contributed by atoms with E-state index in [2.05, 4.69) is 15.3 Å². The largest absolute Gasteiger partial charge is 0.379 e. The highest BCUT2D eigenvalue weighted by atomic mass is 32.2. The van der Waals surface area contributed by atoms with Gasteiger partial charge in [-0.3, -0.25) is 0 Å². The molecule has 122 valence electrons. The summed E-state index contributed by atoms with van der Waals surface area (Å²) in [6.07, 6.45) is 4.44. The number of nitrogens with zero attached hydrogens (tertiary/aromatic N) is 4. The lowest BCUT2D eigenvalue weighted by Gasteiger charge is -2.07. The van der Waals surface area contributed by atoms with Crippen LogP contribution in [0.1, 0.15) is 11.1 Å². The van der Waals surface area contributed by atoms with Crippen LogP contribution >= 0.6 is 0 Å². The molecule has 24 heavy (non-hydrogen) atoms. The Morgan fingerprint density at radius 1 is 1.08 bits per heavy atom. The molecule has 7 nitrogen and oxygen atoms in total. The number of hydrogen-bond acceptors (Lipinski definition) is 6. The first-order valence-corrected chi connectivity index (χ1v) is 8.44. The van der Waals surface area contributed by atoms with E-state index in [4.69, 9.17) is 4.18 Å². The summed E-state index contributed by atoms with van der Waals surface area (Å²) in [6, 6.07) is 13.1. The second kappa shape index (κ2) is 6.63. The number of benzene rings is 2. The van der Waals surface area contributed by atoms with Crippen molar-refractivity contribution in [2.75, 3.05) is 0 Å². The summed E-state index contributed by atoms with van der Waals surface area (Å²) < 4.78 is 31.2. The Morgan fingerprint density at radius 2 is 1.79 bits per heavy atom. The predicted octanol–water partition coefficient (Wildman–Crippen LogP) is 2.24. The Kier molecular flexibility index (Phi) is 4.39. The van der Waals surface area contributed by atoms with Crippen LogP contribution in [0.2, 0.25) is 0 Å². The van der Waals surface area contributed by atoms with Crippen LogP contribution in [0.25, 0.3) is 0 Å². The molecule has 0 fully saturated rings.